The van der Waals surface area contributed by atoms with E-state index in [1.54, 1.807) is 13.0 Å². The van der Waals surface area contributed by atoms with Crippen molar-refractivity contribution in [1.82, 2.24) is 0 Å². The molecule has 0 radical (unpaired) electrons. The monoisotopic (exact) mass is 186 g/mol. The molecule has 0 aromatic carbocycles. The van der Waals surface area contributed by atoms with Crippen LogP contribution in [-0.4, -0.2) is 23.8 Å². The molecule has 1 N–H and O–H groups in total. The standard InChI is InChI=1S/C10H18O3/c1-9(11)7-5-3-4-6-8-13-10(2)12/h5,7,9,11H,3-4,6,8H2,1-2H3. The fourth-order valence-electron chi connectivity index (χ4n) is 0.873. The van der Waals surface area contributed by atoms with Gasteiger partial charge < -0.3 is 9.84 Å². The molecule has 0 heterocycles. The van der Waals surface area contributed by atoms with Crippen molar-refractivity contribution in [2.75, 3.05) is 6.61 Å². The lowest BCUT2D eigenvalue weighted by Gasteiger charge is -1.99. The molecule has 0 spiro atoms. The SMILES string of the molecule is CC(=O)OCCCCC=CC(C)O. The highest BCUT2D eigenvalue weighted by atomic mass is 16.5. The van der Waals surface area contributed by atoms with Crippen LogP contribution in [0, 0.1) is 0 Å². The topological polar surface area (TPSA) is 46.5 Å². The molecule has 3 heteroatoms. The first-order chi connectivity index (χ1) is 6.13. The van der Waals surface area contributed by atoms with Gasteiger partial charge in [0.25, 0.3) is 0 Å². The summed E-state index contributed by atoms with van der Waals surface area (Å²) in [5.41, 5.74) is 0. The number of carbonyl (C=O) groups excluding carboxylic acids is 1. The number of aliphatic hydroxyl groups is 1. The van der Waals surface area contributed by atoms with Crippen LogP contribution in [0.3, 0.4) is 0 Å². The van der Waals surface area contributed by atoms with Crippen molar-refractivity contribution in [3.63, 3.8) is 0 Å². The minimum Gasteiger partial charge on any atom is -0.466 e. The number of aliphatic hydroxyl groups excluding tert-OH is 1. The van der Waals surface area contributed by atoms with Crippen molar-refractivity contribution in [3.05, 3.63) is 12.2 Å². The van der Waals surface area contributed by atoms with Crippen molar-refractivity contribution in [2.45, 2.75) is 39.2 Å². The Morgan fingerprint density at radius 3 is 2.77 bits per heavy atom. The Morgan fingerprint density at radius 2 is 2.23 bits per heavy atom. The zero-order chi connectivity index (χ0) is 10.1. The number of hydrogen-bond donors (Lipinski definition) is 1. The summed E-state index contributed by atoms with van der Waals surface area (Å²) in [5.74, 6) is -0.223. The van der Waals surface area contributed by atoms with Crippen LogP contribution in [0.1, 0.15) is 33.1 Å². The smallest absolute Gasteiger partial charge is 0.302 e. The summed E-state index contributed by atoms with van der Waals surface area (Å²) in [5, 5.41) is 8.87. The van der Waals surface area contributed by atoms with Crippen molar-refractivity contribution in [2.24, 2.45) is 0 Å². The Bertz CT molecular complexity index is 162. The van der Waals surface area contributed by atoms with Gasteiger partial charge in [0.1, 0.15) is 0 Å². The number of carbonyl (C=O) groups is 1. The summed E-state index contributed by atoms with van der Waals surface area (Å²) < 4.78 is 4.76. The van der Waals surface area contributed by atoms with E-state index in [1.165, 1.54) is 6.92 Å². The number of unbranched alkanes of at least 4 members (excludes halogenated alkanes) is 2. The van der Waals surface area contributed by atoms with E-state index in [1.807, 2.05) is 6.08 Å². The summed E-state index contributed by atoms with van der Waals surface area (Å²) >= 11 is 0. The minimum absolute atomic E-state index is 0.223. The summed E-state index contributed by atoms with van der Waals surface area (Å²) in [6.07, 6.45) is 6.12. The molecule has 0 rings (SSSR count). The number of allylic oxidation sites excluding steroid dienone is 1. The Labute approximate surface area is 79.4 Å². The lowest BCUT2D eigenvalue weighted by molar-refractivity contribution is -0.141. The number of esters is 1. The normalized spacial score (nSPS) is 13.2. The van der Waals surface area contributed by atoms with Crippen molar-refractivity contribution in [3.8, 4) is 0 Å². The van der Waals surface area contributed by atoms with Gasteiger partial charge in [-0.25, -0.2) is 0 Å². The Kier molecular flexibility index (Phi) is 7.30. The van der Waals surface area contributed by atoms with Crippen LogP contribution in [0.4, 0.5) is 0 Å². The zero-order valence-corrected chi connectivity index (χ0v) is 8.32. The lowest BCUT2D eigenvalue weighted by atomic mass is 10.2. The van der Waals surface area contributed by atoms with Crippen molar-refractivity contribution in [1.29, 1.82) is 0 Å². The summed E-state index contributed by atoms with van der Waals surface area (Å²) in [6.45, 7) is 3.63. The van der Waals surface area contributed by atoms with E-state index >= 15 is 0 Å². The van der Waals surface area contributed by atoms with Gasteiger partial charge in [0.2, 0.25) is 0 Å². The summed E-state index contributed by atoms with van der Waals surface area (Å²) in [7, 11) is 0. The first-order valence-electron chi connectivity index (χ1n) is 4.61. The quantitative estimate of drug-likeness (QED) is 0.390. The maximum Gasteiger partial charge on any atom is 0.302 e. The molecular weight excluding hydrogens is 168 g/mol. The average Bonchev–Trinajstić information content (AvgIpc) is 2.01. The average molecular weight is 186 g/mol. The molecule has 13 heavy (non-hydrogen) atoms. The molecule has 0 saturated carbocycles. The van der Waals surface area contributed by atoms with Gasteiger partial charge in [0.15, 0.2) is 0 Å². The molecule has 0 aliphatic heterocycles. The second-order valence-corrected chi connectivity index (χ2v) is 3.00. The highest BCUT2D eigenvalue weighted by Gasteiger charge is 1.91. The number of ether oxygens (including phenoxy) is 1. The van der Waals surface area contributed by atoms with Crippen LogP contribution in [-0.2, 0) is 9.53 Å². The van der Waals surface area contributed by atoms with Crippen LogP contribution >= 0.6 is 0 Å². The van der Waals surface area contributed by atoms with Gasteiger partial charge in [-0.05, 0) is 26.2 Å². The summed E-state index contributed by atoms with van der Waals surface area (Å²) in [6, 6.07) is 0. The molecular formula is C10H18O3. The van der Waals surface area contributed by atoms with E-state index in [9.17, 15) is 4.79 Å². The molecule has 0 aromatic heterocycles. The van der Waals surface area contributed by atoms with Crippen LogP contribution in [0.25, 0.3) is 0 Å². The van der Waals surface area contributed by atoms with Gasteiger partial charge in [-0.1, -0.05) is 12.2 Å². The Hall–Kier alpha value is -0.830. The summed E-state index contributed by atoms with van der Waals surface area (Å²) in [4.78, 5) is 10.4. The second kappa shape index (κ2) is 7.80. The maximum atomic E-state index is 10.4. The third-order valence-electron chi connectivity index (χ3n) is 1.49. The highest BCUT2D eigenvalue weighted by Crippen LogP contribution is 1.98. The molecule has 76 valence electrons. The first kappa shape index (κ1) is 12.2. The molecule has 0 saturated heterocycles. The van der Waals surface area contributed by atoms with Crippen LogP contribution < -0.4 is 0 Å². The van der Waals surface area contributed by atoms with Gasteiger partial charge in [-0.2, -0.15) is 0 Å². The fourth-order valence-corrected chi connectivity index (χ4v) is 0.873. The van der Waals surface area contributed by atoms with Crippen LogP contribution in [0.2, 0.25) is 0 Å². The van der Waals surface area contributed by atoms with E-state index in [-0.39, 0.29) is 12.1 Å². The van der Waals surface area contributed by atoms with Gasteiger partial charge >= 0.3 is 5.97 Å². The maximum absolute atomic E-state index is 10.4. The third kappa shape index (κ3) is 11.2. The first-order valence-corrected chi connectivity index (χ1v) is 4.61. The van der Waals surface area contributed by atoms with E-state index in [0.717, 1.165) is 19.3 Å². The highest BCUT2D eigenvalue weighted by molar-refractivity contribution is 5.65. The predicted molar refractivity (Wildman–Crippen MR) is 51.3 cm³/mol. The molecule has 0 fully saturated rings. The van der Waals surface area contributed by atoms with Crippen LogP contribution in [0.15, 0.2) is 12.2 Å². The molecule has 1 unspecified atom stereocenters. The van der Waals surface area contributed by atoms with E-state index < -0.39 is 0 Å². The fraction of sp³-hybridized carbons (Fsp3) is 0.700. The lowest BCUT2D eigenvalue weighted by Crippen LogP contribution is -1.99. The molecule has 0 aliphatic carbocycles. The van der Waals surface area contributed by atoms with E-state index in [4.69, 9.17) is 9.84 Å². The van der Waals surface area contributed by atoms with Crippen molar-refractivity contribution >= 4 is 5.97 Å². The van der Waals surface area contributed by atoms with E-state index in [2.05, 4.69) is 0 Å². The van der Waals surface area contributed by atoms with Crippen molar-refractivity contribution < 1.29 is 14.6 Å². The second-order valence-electron chi connectivity index (χ2n) is 3.00. The Balaban J connectivity index is 3.12. The molecule has 0 aromatic rings. The van der Waals surface area contributed by atoms with Crippen LogP contribution in [0.5, 0.6) is 0 Å². The zero-order valence-electron chi connectivity index (χ0n) is 8.32. The number of hydrogen-bond acceptors (Lipinski definition) is 3. The number of rotatable bonds is 6. The van der Waals surface area contributed by atoms with Gasteiger partial charge in [-0.3, -0.25) is 4.79 Å². The van der Waals surface area contributed by atoms with Gasteiger partial charge in [-0.15, -0.1) is 0 Å². The molecule has 0 bridgehead atoms. The molecule has 1 atom stereocenters. The van der Waals surface area contributed by atoms with E-state index in [0.29, 0.717) is 6.61 Å². The molecule has 0 amide bonds. The molecule has 3 nitrogen and oxygen atoms in total. The molecule has 0 aliphatic rings. The predicted octanol–water partition coefficient (Wildman–Crippen LogP) is 1.66. The minimum atomic E-state index is -0.367. The van der Waals surface area contributed by atoms with Gasteiger partial charge in [0, 0.05) is 6.92 Å². The Morgan fingerprint density at radius 1 is 1.54 bits per heavy atom. The third-order valence-corrected chi connectivity index (χ3v) is 1.49. The largest absolute Gasteiger partial charge is 0.466 e. The van der Waals surface area contributed by atoms with Gasteiger partial charge in [0.05, 0.1) is 12.7 Å².